The highest BCUT2D eigenvalue weighted by molar-refractivity contribution is 7.93. The molecule has 1 aliphatic rings. The van der Waals surface area contributed by atoms with Gasteiger partial charge < -0.3 is 19.5 Å². The summed E-state index contributed by atoms with van der Waals surface area (Å²) in [5.74, 6) is 0.246. The zero-order valence-electron chi connectivity index (χ0n) is 25.1. The smallest absolute Gasteiger partial charge is 0.265 e. The standard InChI is InChI=1S/C33H34N4O6S2/c1-36(28-11-5-25(6-12-28)23-41-2)45(39,40)31-21-30(44-32(31)26-7-3-24(22-34)4-8-26)33(38)35-27-9-13-29(14-10-27)43-20-17-37-15-18-42-19-16-37/h3-14,21H,15-20,23H2,1-2H3,(H,35,38). The molecule has 4 aromatic rings. The summed E-state index contributed by atoms with van der Waals surface area (Å²) in [5.41, 5.74) is 2.95. The Morgan fingerprint density at radius 2 is 1.73 bits per heavy atom. The molecule has 12 heteroatoms. The van der Waals surface area contributed by atoms with Gasteiger partial charge in [0.2, 0.25) is 0 Å². The first-order valence-corrected chi connectivity index (χ1v) is 16.6. The zero-order valence-corrected chi connectivity index (χ0v) is 26.7. The van der Waals surface area contributed by atoms with Crippen LogP contribution in [0.1, 0.15) is 20.8 Å². The minimum Gasteiger partial charge on any atom is -0.492 e. The number of amides is 1. The third-order valence-electron chi connectivity index (χ3n) is 7.34. The lowest BCUT2D eigenvalue weighted by Crippen LogP contribution is -2.38. The van der Waals surface area contributed by atoms with Crippen LogP contribution in [0.4, 0.5) is 11.4 Å². The van der Waals surface area contributed by atoms with E-state index in [1.165, 1.54) is 17.4 Å². The van der Waals surface area contributed by atoms with E-state index in [2.05, 4.69) is 16.3 Å². The molecule has 1 N–H and O–H groups in total. The molecule has 0 spiro atoms. The number of hydrogen-bond donors (Lipinski definition) is 1. The molecule has 0 bridgehead atoms. The molecule has 234 valence electrons. The van der Waals surface area contributed by atoms with Crippen LogP contribution in [-0.4, -0.2) is 72.8 Å². The maximum atomic E-state index is 14.0. The first kappa shape index (κ1) is 32.2. The van der Waals surface area contributed by atoms with Crippen molar-refractivity contribution in [1.82, 2.24) is 4.90 Å². The molecule has 1 aromatic heterocycles. The topological polar surface area (TPSA) is 121 Å². The number of morpholine rings is 1. The van der Waals surface area contributed by atoms with Gasteiger partial charge in [0.1, 0.15) is 17.3 Å². The first-order valence-electron chi connectivity index (χ1n) is 14.3. The van der Waals surface area contributed by atoms with Crippen molar-refractivity contribution in [3.05, 3.63) is 94.9 Å². The molecule has 0 saturated carbocycles. The van der Waals surface area contributed by atoms with Gasteiger partial charge in [-0.2, -0.15) is 5.26 Å². The number of nitrogens with zero attached hydrogens (tertiary/aromatic N) is 3. The van der Waals surface area contributed by atoms with Gasteiger partial charge in [0.15, 0.2) is 0 Å². The first-order chi connectivity index (χ1) is 21.8. The molecule has 0 radical (unpaired) electrons. The Morgan fingerprint density at radius 1 is 1.04 bits per heavy atom. The van der Waals surface area contributed by atoms with E-state index in [4.69, 9.17) is 14.2 Å². The number of sulfonamides is 1. The Balaban J connectivity index is 1.35. The zero-order chi connectivity index (χ0) is 31.8. The van der Waals surface area contributed by atoms with Gasteiger partial charge >= 0.3 is 0 Å². The highest BCUT2D eigenvalue weighted by Crippen LogP contribution is 2.38. The van der Waals surface area contributed by atoms with Crippen molar-refractivity contribution in [1.29, 1.82) is 5.26 Å². The molecule has 1 saturated heterocycles. The average Bonchev–Trinajstić information content (AvgIpc) is 3.53. The predicted octanol–water partition coefficient (Wildman–Crippen LogP) is 5.22. The van der Waals surface area contributed by atoms with Crippen molar-refractivity contribution in [2.45, 2.75) is 11.5 Å². The quantitative estimate of drug-likeness (QED) is 0.222. The molecule has 1 fully saturated rings. The number of methoxy groups -OCH3 is 1. The highest BCUT2D eigenvalue weighted by Gasteiger charge is 2.29. The molecule has 0 aliphatic carbocycles. The van der Waals surface area contributed by atoms with Gasteiger partial charge in [-0.25, -0.2) is 8.42 Å². The van der Waals surface area contributed by atoms with Gasteiger partial charge in [-0.3, -0.25) is 14.0 Å². The molecular weight excluding hydrogens is 613 g/mol. The van der Waals surface area contributed by atoms with Crippen molar-refractivity contribution in [2.75, 3.05) is 63.2 Å². The number of anilines is 2. The number of carbonyl (C=O) groups excluding carboxylic acids is 1. The monoisotopic (exact) mass is 646 g/mol. The van der Waals surface area contributed by atoms with Crippen molar-refractivity contribution in [2.24, 2.45) is 0 Å². The van der Waals surface area contributed by atoms with E-state index in [0.717, 1.165) is 49.7 Å². The van der Waals surface area contributed by atoms with E-state index in [-0.39, 0.29) is 9.77 Å². The number of nitriles is 1. The van der Waals surface area contributed by atoms with E-state index in [0.29, 0.717) is 46.3 Å². The largest absolute Gasteiger partial charge is 0.492 e. The van der Waals surface area contributed by atoms with E-state index >= 15 is 0 Å². The van der Waals surface area contributed by atoms with Crippen LogP contribution in [-0.2, 0) is 26.1 Å². The molecule has 3 aromatic carbocycles. The van der Waals surface area contributed by atoms with E-state index in [9.17, 15) is 18.5 Å². The highest BCUT2D eigenvalue weighted by atomic mass is 32.2. The third kappa shape index (κ3) is 7.89. The number of hydrogen-bond acceptors (Lipinski definition) is 9. The van der Waals surface area contributed by atoms with E-state index < -0.39 is 15.9 Å². The molecule has 0 unspecified atom stereocenters. The van der Waals surface area contributed by atoms with Gasteiger partial charge in [-0.15, -0.1) is 11.3 Å². The van der Waals surface area contributed by atoms with Crippen LogP contribution in [0.5, 0.6) is 5.75 Å². The van der Waals surface area contributed by atoms with Crippen molar-refractivity contribution < 1.29 is 27.4 Å². The van der Waals surface area contributed by atoms with Crippen LogP contribution in [0, 0.1) is 11.3 Å². The maximum Gasteiger partial charge on any atom is 0.265 e. The molecule has 10 nitrogen and oxygen atoms in total. The summed E-state index contributed by atoms with van der Waals surface area (Å²) in [7, 11) is -1.01. The van der Waals surface area contributed by atoms with Crippen LogP contribution < -0.4 is 14.4 Å². The van der Waals surface area contributed by atoms with Crippen molar-refractivity contribution in [3.63, 3.8) is 0 Å². The lowest BCUT2D eigenvalue weighted by Gasteiger charge is -2.26. The van der Waals surface area contributed by atoms with Crippen LogP contribution in [0.25, 0.3) is 10.4 Å². The second kappa shape index (κ2) is 14.7. The Morgan fingerprint density at radius 3 is 2.38 bits per heavy atom. The Bertz CT molecular complexity index is 1740. The average molecular weight is 647 g/mol. The van der Waals surface area contributed by atoms with Gasteiger partial charge in [0, 0.05) is 39.5 Å². The summed E-state index contributed by atoms with van der Waals surface area (Å²) in [6.45, 7) is 5.02. The fourth-order valence-electron chi connectivity index (χ4n) is 4.77. The predicted molar refractivity (Wildman–Crippen MR) is 174 cm³/mol. The number of benzene rings is 3. The summed E-state index contributed by atoms with van der Waals surface area (Å²) in [5, 5.41) is 12.1. The number of thiophene rings is 1. The maximum absolute atomic E-state index is 14.0. The molecule has 1 aliphatic heterocycles. The fourth-order valence-corrected chi connectivity index (χ4v) is 7.56. The normalized spacial score (nSPS) is 13.6. The number of rotatable bonds is 12. The lowest BCUT2D eigenvalue weighted by molar-refractivity contribution is 0.0322. The number of carbonyl (C=O) groups is 1. The number of nitrogens with one attached hydrogen (secondary N) is 1. The van der Waals surface area contributed by atoms with Gasteiger partial charge in [0.05, 0.1) is 46.9 Å². The van der Waals surface area contributed by atoms with Gasteiger partial charge in [-0.1, -0.05) is 24.3 Å². The van der Waals surface area contributed by atoms with E-state index in [1.807, 2.05) is 0 Å². The summed E-state index contributed by atoms with van der Waals surface area (Å²) >= 11 is 1.07. The van der Waals surface area contributed by atoms with E-state index in [1.54, 1.807) is 79.9 Å². The fraction of sp³-hybridized carbons (Fsp3) is 0.273. The minimum absolute atomic E-state index is 0.00478. The Kier molecular flexibility index (Phi) is 10.5. The second-order valence-electron chi connectivity index (χ2n) is 10.3. The van der Waals surface area contributed by atoms with Crippen LogP contribution in [0.15, 0.2) is 83.8 Å². The molecular formula is C33H34N4O6S2. The summed E-state index contributed by atoms with van der Waals surface area (Å²) < 4.78 is 45.5. The lowest BCUT2D eigenvalue weighted by atomic mass is 10.1. The van der Waals surface area contributed by atoms with Gasteiger partial charge in [0.25, 0.3) is 15.9 Å². The molecule has 45 heavy (non-hydrogen) atoms. The van der Waals surface area contributed by atoms with Crippen molar-refractivity contribution in [3.8, 4) is 22.3 Å². The van der Waals surface area contributed by atoms with Crippen LogP contribution in [0.3, 0.4) is 0 Å². The Labute approximate surface area is 267 Å². The third-order valence-corrected chi connectivity index (χ3v) is 10.5. The molecule has 2 heterocycles. The second-order valence-corrected chi connectivity index (χ2v) is 13.3. The van der Waals surface area contributed by atoms with Crippen LogP contribution in [0.2, 0.25) is 0 Å². The Hall–Kier alpha value is -4.25. The summed E-state index contributed by atoms with van der Waals surface area (Å²) in [6.07, 6.45) is 0. The number of ether oxygens (including phenoxy) is 3. The van der Waals surface area contributed by atoms with Crippen LogP contribution >= 0.6 is 11.3 Å². The summed E-state index contributed by atoms with van der Waals surface area (Å²) in [6, 6.07) is 24.2. The molecule has 1 amide bonds. The molecule has 0 atom stereocenters. The van der Waals surface area contributed by atoms with Gasteiger partial charge in [-0.05, 0) is 65.7 Å². The minimum atomic E-state index is -4.08. The SMILES string of the molecule is COCc1ccc(N(C)S(=O)(=O)c2cc(C(=O)Nc3ccc(OCCN4CCOCC4)cc3)sc2-c2ccc(C#N)cc2)cc1. The summed E-state index contributed by atoms with van der Waals surface area (Å²) in [4.78, 5) is 16.3. The van der Waals surface area contributed by atoms with Crippen molar-refractivity contribution >= 4 is 38.6 Å². The molecule has 5 rings (SSSR count).